The number of ether oxygens (including phenoxy) is 1. The van der Waals surface area contributed by atoms with E-state index in [9.17, 15) is 4.79 Å². The predicted octanol–water partition coefficient (Wildman–Crippen LogP) is 5.66. The molecule has 0 aliphatic rings. The number of hydrogen-bond donors (Lipinski definition) is 0. The average Bonchev–Trinajstić information content (AvgIpc) is 2.61. The van der Waals surface area contributed by atoms with Gasteiger partial charge in [-0.3, -0.25) is 0 Å². The highest BCUT2D eigenvalue weighted by Gasteiger charge is 2.48. The van der Waals surface area contributed by atoms with Crippen LogP contribution in [0.1, 0.15) is 87.5 Å². The second-order valence-corrected chi connectivity index (χ2v) is 10.2. The second-order valence-electron chi connectivity index (χ2n) is 7.68. The van der Waals surface area contributed by atoms with Crippen LogP contribution in [-0.4, -0.2) is 39.2 Å². The van der Waals surface area contributed by atoms with Gasteiger partial charge in [-0.1, -0.05) is 40.7 Å². The molecule has 0 N–H and O–H groups in total. The number of esters is 1. The highest BCUT2D eigenvalue weighted by atomic mass is 28.4. The van der Waals surface area contributed by atoms with Gasteiger partial charge in [0.2, 0.25) is 0 Å². The number of rotatable bonds is 15. The van der Waals surface area contributed by atoms with E-state index in [1.807, 2.05) is 0 Å². The van der Waals surface area contributed by atoms with Crippen LogP contribution in [0.3, 0.4) is 0 Å². The van der Waals surface area contributed by atoms with Gasteiger partial charge in [0.25, 0.3) is 0 Å². The lowest BCUT2D eigenvalue weighted by atomic mass is 10.0. The van der Waals surface area contributed by atoms with Crippen molar-refractivity contribution in [1.29, 1.82) is 0 Å². The first-order valence-electron chi connectivity index (χ1n) is 10.4. The van der Waals surface area contributed by atoms with E-state index in [2.05, 4.69) is 55.0 Å². The van der Waals surface area contributed by atoms with E-state index in [1.165, 1.54) is 0 Å². The van der Waals surface area contributed by atoms with Gasteiger partial charge in [0.1, 0.15) is 0 Å². The van der Waals surface area contributed by atoms with Gasteiger partial charge < -0.3 is 18.0 Å². The minimum atomic E-state index is -2.88. The van der Waals surface area contributed by atoms with Crippen molar-refractivity contribution in [2.24, 2.45) is 0 Å². The molecule has 0 radical (unpaired) electrons. The first-order chi connectivity index (χ1) is 12.6. The fourth-order valence-corrected chi connectivity index (χ4v) is 6.15. The number of hydrogen-bond acceptors (Lipinski definition) is 5. The molecule has 0 amide bonds. The zero-order valence-corrected chi connectivity index (χ0v) is 19.9. The molecule has 6 heteroatoms. The topological polar surface area (TPSA) is 54.0 Å². The Bertz CT molecular complexity index is 442. The Kier molecular flexibility index (Phi) is 12.4. The Labute approximate surface area is 168 Å². The third-order valence-electron chi connectivity index (χ3n) is 4.83. The molecule has 0 aliphatic heterocycles. The van der Waals surface area contributed by atoms with Gasteiger partial charge in [0.05, 0.1) is 12.2 Å². The van der Waals surface area contributed by atoms with Gasteiger partial charge in [-0.15, -0.1) is 0 Å². The van der Waals surface area contributed by atoms with Crippen LogP contribution in [0.25, 0.3) is 0 Å². The summed E-state index contributed by atoms with van der Waals surface area (Å²) < 4.78 is 24.9. The summed E-state index contributed by atoms with van der Waals surface area (Å²) in [5.41, 5.74) is -0.0680. The first-order valence-corrected chi connectivity index (χ1v) is 12.4. The molecule has 27 heavy (non-hydrogen) atoms. The lowest BCUT2D eigenvalue weighted by Gasteiger charge is -2.41. The van der Waals surface area contributed by atoms with E-state index in [-0.39, 0.29) is 18.2 Å². The Morgan fingerprint density at radius 1 is 1.07 bits per heavy atom. The van der Waals surface area contributed by atoms with Crippen molar-refractivity contribution in [2.45, 2.75) is 111 Å². The summed E-state index contributed by atoms with van der Waals surface area (Å²) >= 11 is 0. The lowest BCUT2D eigenvalue weighted by Crippen LogP contribution is -2.55. The molecule has 160 valence electrons. The molecule has 3 atom stereocenters. The van der Waals surface area contributed by atoms with E-state index in [1.54, 1.807) is 6.92 Å². The molecule has 0 fully saturated rings. The Morgan fingerprint density at radius 3 is 1.96 bits per heavy atom. The van der Waals surface area contributed by atoms with Crippen molar-refractivity contribution < 1.29 is 22.8 Å². The lowest BCUT2D eigenvalue weighted by molar-refractivity contribution is -0.140. The predicted molar refractivity (Wildman–Crippen MR) is 113 cm³/mol. The fraction of sp³-hybridized carbons (Fsp3) is 0.857. The molecular weight excluding hydrogens is 360 g/mol. The van der Waals surface area contributed by atoms with Crippen LogP contribution in [-0.2, 0) is 22.8 Å². The Hall–Kier alpha value is -0.693. The highest BCUT2D eigenvalue weighted by Crippen LogP contribution is 2.32. The summed E-state index contributed by atoms with van der Waals surface area (Å²) in [5.74, 6) is -0.364. The quantitative estimate of drug-likeness (QED) is 0.201. The van der Waals surface area contributed by atoms with Crippen LogP contribution in [0.4, 0.5) is 0 Å². The normalized spacial score (nSPS) is 18.2. The fourth-order valence-electron chi connectivity index (χ4n) is 2.49. The monoisotopic (exact) mass is 402 g/mol. The van der Waals surface area contributed by atoms with E-state index >= 15 is 0 Å². The molecule has 0 bridgehead atoms. The zero-order chi connectivity index (χ0) is 21.1. The maximum Gasteiger partial charge on any atom is 0.501 e. The Morgan fingerprint density at radius 2 is 1.59 bits per heavy atom. The van der Waals surface area contributed by atoms with E-state index in [0.717, 1.165) is 31.7 Å². The van der Waals surface area contributed by atoms with Crippen molar-refractivity contribution in [3.8, 4) is 0 Å². The van der Waals surface area contributed by atoms with E-state index in [0.29, 0.717) is 18.6 Å². The van der Waals surface area contributed by atoms with Gasteiger partial charge in [0.15, 0.2) is 0 Å². The van der Waals surface area contributed by atoms with Crippen LogP contribution in [0.15, 0.2) is 12.2 Å². The van der Waals surface area contributed by atoms with Gasteiger partial charge >= 0.3 is 14.8 Å². The van der Waals surface area contributed by atoms with Crippen LogP contribution >= 0.6 is 0 Å². The summed E-state index contributed by atoms with van der Waals surface area (Å²) in [4.78, 5) is 11.7. The maximum atomic E-state index is 11.7. The number of carbonyl (C=O) groups is 1. The molecule has 0 spiro atoms. The van der Waals surface area contributed by atoms with Crippen LogP contribution < -0.4 is 0 Å². The molecule has 0 aromatic carbocycles. The summed E-state index contributed by atoms with van der Waals surface area (Å²) in [6.07, 6.45) is 4.28. The summed E-state index contributed by atoms with van der Waals surface area (Å²) in [6, 6.07) is 0.781. The average molecular weight is 403 g/mol. The summed E-state index contributed by atoms with van der Waals surface area (Å²) in [7, 11) is -2.88. The molecule has 0 aromatic heterocycles. The second kappa shape index (κ2) is 12.7. The maximum absolute atomic E-state index is 11.7. The van der Waals surface area contributed by atoms with Crippen LogP contribution in [0.2, 0.25) is 6.04 Å². The smallest absolute Gasteiger partial charge is 0.462 e. The largest absolute Gasteiger partial charge is 0.501 e. The standard InChI is InChI=1S/C21H42O5Si/c1-10-16-27(24-18(7)11-2,25-19(8)12-3)26-21(9,13-4)14-15-23-20(22)17(5)6/h18-19H,5,10-16H2,1-4,6-9H3. The molecule has 0 saturated carbocycles. The Balaban J connectivity index is 5.39. The van der Waals surface area contributed by atoms with Gasteiger partial charge in [-0.25, -0.2) is 4.79 Å². The molecular formula is C21H42O5Si. The third kappa shape index (κ3) is 9.88. The first kappa shape index (κ1) is 26.3. The van der Waals surface area contributed by atoms with E-state index < -0.39 is 14.4 Å². The van der Waals surface area contributed by atoms with Crippen molar-refractivity contribution in [1.82, 2.24) is 0 Å². The molecule has 0 heterocycles. The molecule has 3 unspecified atom stereocenters. The van der Waals surface area contributed by atoms with Crippen molar-refractivity contribution in [3.05, 3.63) is 12.2 Å². The van der Waals surface area contributed by atoms with E-state index in [4.69, 9.17) is 18.0 Å². The minimum absolute atomic E-state index is 0.0784. The molecule has 5 nitrogen and oxygen atoms in total. The number of carbonyl (C=O) groups excluding carboxylic acids is 1. The third-order valence-corrected chi connectivity index (χ3v) is 8.27. The molecule has 0 aromatic rings. The summed E-state index contributed by atoms with van der Waals surface area (Å²) in [5, 5.41) is 0. The van der Waals surface area contributed by atoms with Crippen LogP contribution in [0.5, 0.6) is 0 Å². The summed E-state index contributed by atoms with van der Waals surface area (Å²) in [6.45, 7) is 20.2. The van der Waals surface area contributed by atoms with Gasteiger partial charge in [-0.05, 0) is 47.0 Å². The molecule has 0 aliphatic carbocycles. The minimum Gasteiger partial charge on any atom is -0.462 e. The zero-order valence-electron chi connectivity index (χ0n) is 18.9. The van der Waals surface area contributed by atoms with Crippen molar-refractivity contribution >= 4 is 14.8 Å². The van der Waals surface area contributed by atoms with Crippen molar-refractivity contribution in [3.63, 3.8) is 0 Å². The SMILES string of the molecule is C=C(C)C(=O)OCCC(C)(CC)O[Si](CCC)(OC(C)CC)OC(C)CC. The van der Waals surface area contributed by atoms with Gasteiger partial charge in [0, 0.05) is 30.2 Å². The molecule has 0 saturated heterocycles. The molecule has 0 rings (SSSR count). The van der Waals surface area contributed by atoms with Crippen LogP contribution in [0, 0.1) is 0 Å². The van der Waals surface area contributed by atoms with Gasteiger partial charge in [-0.2, -0.15) is 0 Å². The highest BCUT2D eigenvalue weighted by molar-refractivity contribution is 6.61. The van der Waals surface area contributed by atoms with Crippen molar-refractivity contribution in [2.75, 3.05) is 6.61 Å².